The third-order valence-electron chi connectivity index (χ3n) is 3.21. The molecule has 1 aliphatic heterocycles. The van der Waals surface area contributed by atoms with Crippen molar-refractivity contribution in [1.29, 1.82) is 0 Å². The van der Waals surface area contributed by atoms with Crippen LogP contribution in [-0.2, 0) is 14.3 Å². The van der Waals surface area contributed by atoms with Gasteiger partial charge in [-0.3, -0.25) is 4.79 Å². The molecule has 1 fully saturated rings. The van der Waals surface area contributed by atoms with Gasteiger partial charge in [0.2, 0.25) is 0 Å². The molecule has 5 heteroatoms. The number of carbonyl (C=O) groups is 1. The Kier molecular flexibility index (Phi) is 5.26. The lowest BCUT2D eigenvalue weighted by Gasteiger charge is -2.31. The molecule has 1 aliphatic rings. The summed E-state index contributed by atoms with van der Waals surface area (Å²) in [7, 11) is 0. The van der Waals surface area contributed by atoms with Crippen molar-refractivity contribution in [2.45, 2.75) is 45.0 Å². The summed E-state index contributed by atoms with van der Waals surface area (Å²) in [6.45, 7) is 4.14. The molecular formula is C15H20ClNO3. The molecule has 2 rings (SSSR count). The van der Waals surface area contributed by atoms with Crippen LogP contribution in [-0.4, -0.2) is 30.8 Å². The second-order valence-electron chi connectivity index (χ2n) is 5.20. The van der Waals surface area contributed by atoms with Crippen LogP contribution in [0.3, 0.4) is 0 Å². The van der Waals surface area contributed by atoms with Crippen LogP contribution in [0.15, 0.2) is 24.3 Å². The van der Waals surface area contributed by atoms with Crippen molar-refractivity contribution in [2.24, 2.45) is 0 Å². The standard InChI is InChI=1S/C15H20ClNO3/c1-10-6-14(7-11(2)19-10)20-15(18)9-17-13-5-3-4-12(16)8-13/h3-5,8,10-11,14,17H,6-7,9H2,1-2H3. The molecule has 1 aromatic carbocycles. The third-order valence-corrected chi connectivity index (χ3v) is 3.45. The molecule has 1 heterocycles. The Hall–Kier alpha value is -1.26. The van der Waals surface area contributed by atoms with Gasteiger partial charge in [-0.25, -0.2) is 0 Å². The lowest BCUT2D eigenvalue weighted by atomic mass is 10.0. The van der Waals surface area contributed by atoms with Crippen LogP contribution in [0.2, 0.25) is 5.02 Å². The largest absolute Gasteiger partial charge is 0.461 e. The van der Waals surface area contributed by atoms with Crippen molar-refractivity contribution in [3.05, 3.63) is 29.3 Å². The summed E-state index contributed by atoms with van der Waals surface area (Å²) in [5.41, 5.74) is 0.808. The Labute approximate surface area is 124 Å². The highest BCUT2D eigenvalue weighted by molar-refractivity contribution is 6.30. The highest BCUT2D eigenvalue weighted by atomic mass is 35.5. The number of ether oxygens (including phenoxy) is 2. The zero-order chi connectivity index (χ0) is 14.5. The van der Waals surface area contributed by atoms with Crippen molar-refractivity contribution in [3.63, 3.8) is 0 Å². The Morgan fingerprint density at radius 2 is 2.10 bits per heavy atom. The van der Waals surface area contributed by atoms with Crippen molar-refractivity contribution in [2.75, 3.05) is 11.9 Å². The van der Waals surface area contributed by atoms with Gasteiger partial charge in [-0.15, -0.1) is 0 Å². The molecule has 0 amide bonds. The fraction of sp³-hybridized carbons (Fsp3) is 0.533. The van der Waals surface area contributed by atoms with Crippen LogP contribution in [0, 0.1) is 0 Å². The Morgan fingerprint density at radius 3 is 2.75 bits per heavy atom. The smallest absolute Gasteiger partial charge is 0.325 e. The number of hydrogen-bond donors (Lipinski definition) is 1. The van der Waals surface area contributed by atoms with Gasteiger partial charge in [0, 0.05) is 23.6 Å². The minimum Gasteiger partial charge on any atom is -0.461 e. The molecule has 0 aliphatic carbocycles. The maximum atomic E-state index is 11.8. The van der Waals surface area contributed by atoms with Gasteiger partial charge in [-0.1, -0.05) is 17.7 Å². The predicted octanol–water partition coefficient (Wildman–Crippen LogP) is 3.25. The molecular weight excluding hydrogens is 278 g/mol. The first-order valence-electron chi connectivity index (χ1n) is 6.87. The van der Waals surface area contributed by atoms with Crippen LogP contribution in [0.1, 0.15) is 26.7 Å². The summed E-state index contributed by atoms with van der Waals surface area (Å²) in [4.78, 5) is 11.8. The summed E-state index contributed by atoms with van der Waals surface area (Å²) in [6.07, 6.45) is 1.73. The number of esters is 1. The van der Waals surface area contributed by atoms with Gasteiger partial charge in [-0.2, -0.15) is 0 Å². The summed E-state index contributed by atoms with van der Waals surface area (Å²) in [5, 5.41) is 3.64. The zero-order valence-corrected chi connectivity index (χ0v) is 12.5. The van der Waals surface area contributed by atoms with E-state index in [1.54, 1.807) is 12.1 Å². The Bertz CT molecular complexity index is 456. The highest BCUT2D eigenvalue weighted by Gasteiger charge is 2.26. The number of rotatable bonds is 4. The number of halogens is 1. The minimum atomic E-state index is -0.253. The highest BCUT2D eigenvalue weighted by Crippen LogP contribution is 2.21. The van der Waals surface area contributed by atoms with Crippen molar-refractivity contribution in [3.8, 4) is 0 Å². The molecule has 1 aromatic rings. The first-order chi connectivity index (χ1) is 9.52. The van der Waals surface area contributed by atoms with E-state index in [1.165, 1.54) is 0 Å². The van der Waals surface area contributed by atoms with E-state index in [9.17, 15) is 4.79 Å². The molecule has 1 N–H and O–H groups in total. The van der Waals surface area contributed by atoms with Crippen LogP contribution in [0.5, 0.6) is 0 Å². The average Bonchev–Trinajstić information content (AvgIpc) is 2.35. The van der Waals surface area contributed by atoms with E-state index in [4.69, 9.17) is 21.1 Å². The van der Waals surface area contributed by atoms with Gasteiger partial charge < -0.3 is 14.8 Å². The van der Waals surface area contributed by atoms with E-state index >= 15 is 0 Å². The van der Waals surface area contributed by atoms with E-state index in [0.717, 1.165) is 18.5 Å². The SMILES string of the molecule is CC1CC(OC(=O)CNc2cccc(Cl)c2)CC(C)O1. The number of nitrogens with one attached hydrogen (secondary N) is 1. The van der Waals surface area contributed by atoms with Crippen molar-refractivity contribution in [1.82, 2.24) is 0 Å². The molecule has 2 unspecified atom stereocenters. The molecule has 4 nitrogen and oxygen atoms in total. The van der Waals surface area contributed by atoms with Crippen molar-refractivity contribution < 1.29 is 14.3 Å². The summed E-state index contributed by atoms with van der Waals surface area (Å²) < 4.78 is 11.1. The van der Waals surface area contributed by atoms with Crippen LogP contribution in [0.25, 0.3) is 0 Å². The fourth-order valence-electron chi connectivity index (χ4n) is 2.44. The predicted molar refractivity (Wildman–Crippen MR) is 79.1 cm³/mol. The number of benzene rings is 1. The summed E-state index contributed by atoms with van der Waals surface area (Å²) >= 11 is 5.88. The molecule has 2 atom stereocenters. The molecule has 0 aromatic heterocycles. The maximum absolute atomic E-state index is 11.8. The van der Waals surface area contributed by atoms with Crippen LogP contribution in [0.4, 0.5) is 5.69 Å². The van der Waals surface area contributed by atoms with Gasteiger partial charge in [0.1, 0.15) is 12.6 Å². The molecule has 0 saturated carbocycles. The summed E-state index contributed by atoms with van der Waals surface area (Å²) in [5.74, 6) is -0.253. The Morgan fingerprint density at radius 1 is 1.40 bits per heavy atom. The van der Waals surface area contributed by atoms with Gasteiger partial charge >= 0.3 is 5.97 Å². The lowest BCUT2D eigenvalue weighted by Crippen LogP contribution is -2.36. The fourth-order valence-corrected chi connectivity index (χ4v) is 2.63. The van der Waals surface area contributed by atoms with E-state index in [2.05, 4.69) is 5.32 Å². The molecule has 20 heavy (non-hydrogen) atoms. The van der Waals surface area contributed by atoms with Gasteiger partial charge in [0.25, 0.3) is 0 Å². The first-order valence-corrected chi connectivity index (χ1v) is 7.25. The number of hydrogen-bond acceptors (Lipinski definition) is 4. The third kappa shape index (κ3) is 4.69. The second-order valence-corrected chi connectivity index (χ2v) is 5.64. The maximum Gasteiger partial charge on any atom is 0.325 e. The van der Waals surface area contributed by atoms with Crippen LogP contribution >= 0.6 is 11.6 Å². The molecule has 1 saturated heterocycles. The molecule has 0 spiro atoms. The van der Waals surface area contributed by atoms with Gasteiger partial charge in [0.15, 0.2) is 0 Å². The first kappa shape index (κ1) is 15.1. The number of anilines is 1. The minimum absolute atomic E-state index is 0.0533. The van der Waals surface area contributed by atoms with E-state index < -0.39 is 0 Å². The lowest BCUT2D eigenvalue weighted by molar-refractivity contribution is -0.157. The van der Waals surface area contributed by atoms with Crippen LogP contribution < -0.4 is 5.32 Å². The molecule has 0 radical (unpaired) electrons. The summed E-state index contributed by atoms with van der Waals surface area (Å²) in [6, 6.07) is 7.25. The van der Waals surface area contributed by atoms with Gasteiger partial charge in [-0.05, 0) is 32.0 Å². The van der Waals surface area contributed by atoms with E-state index in [1.807, 2.05) is 26.0 Å². The average molecular weight is 298 g/mol. The second kappa shape index (κ2) is 6.95. The van der Waals surface area contributed by atoms with E-state index in [0.29, 0.717) is 5.02 Å². The monoisotopic (exact) mass is 297 g/mol. The topological polar surface area (TPSA) is 47.6 Å². The normalized spacial score (nSPS) is 26.1. The van der Waals surface area contributed by atoms with E-state index in [-0.39, 0.29) is 30.8 Å². The molecule has 110 valence electrons. The van der Waals surface area contributed by atoms with Gasteiger partial charge in [0.05, 0.1) is 12.2 Å². The Balaban J connectivity index is 1.78. The molecule has 0 bridgehead atoms. The van der Waals surface area contributed by atoms with Crippen molar-refractivity contribution >= 4 is 23.3 Å². The number of carbonyl (C=O) groups excluding carboxylic acids is 1. The quantitative estimate of drug-likeness (QED) is 0.867. The zero-order valence-electron chi connectivity index (χ0n) is 11.8.